The van der Waals surface area contributed by atoms with Gasteiger partial charge in [0.1, 0.15) is 5.82 Å². The first-order valence-corrected chi connectivity index (χ1v) is 6.71. The third kappa shape index (κ3) is 3.70. The van der Waals surface area contributed by atoms with Crippen molar-refractivity contribution < 1.29 is 0 Å². The average molecular weight is 235 g/mol. The van der Waals surface area contributed by atoms with Gasteiger partial charge in [0.05, 0.1) is 0 Å². The molecule has 1 aromatic rings. The van der Waals surface area contributed by atoms with Crippen LogP contribution in [0, 0.1) is 6.92 Å². The molecule has 0 amide bonds. The highest BCUT2D eigenvalue weighted by molar-refractivity contribution is 5.41. The summed E-state index contributed by atoms with van der Waals surface area (Å²) in [6.45, 7) is 11.5. The van der Waals surface area contributed by atoms with E-state index in [1.54, 1.807) is 0 Å². The molecule has 2 heterocycles. The minimum Gasteiger partial charge on any atom is -0.351 e. The van der Waals surface area contributed by atoms with E-state index in [-0.39, 0.29) is 0 Å². The SMILES string of the molecule is CC.CCC1CNCCN1c1ccc(C)cn1. The monoisotopic (exact) mass is 235 g/mol. The molecule has 17 heavy (non-hydrogen) atoms. The lowest BCUT2D eigenvalue weighted by Crippen LogP contribution is -2.51. The van der Waals surface area contributed by atoms with Crippen LogP contribution in [-0.4, -0.2) is 30.7 Å². The highest BCUT2D eigenvalue weighted by Crippen LogP contribution is 2.17. The van der Waals surface area contributed by atoms with Gasteiger partial charge in [-0.1, -0.05) is 26.8 Å². The van der Waals surface area contributed by atoms with E-state index in [0.717, 1.165) is 25.5 Å². The number of nitrogens with one attached hydrogen (secondary N) is 1. The van der Waals surface area contributed by atoms with Gasteiger partial charge < -0.3 is 10.2 Å². The van der Waals surface area contributed by atoms with Crippen molar-refractivity contribution in [2.24, 2.45) is 0 Å². The fourth-order valence-corrected chi connectivity index (χ4v) is 2.06. The molecule has 1 aromatic heterocycles. The van der Waals surface area contributed by atoms with Crippen LogP contribution < -0.4 is 10.2 Å². The van der Waals surface area contributed by atoms with Gasteiger partial charge in [-0.25, -0.2) is 4.98 Å². The Bertz CT molecular complexity index is 308. The first-order valence-electron chi connectivity index (χ1n) is 6.71. The summed E-state index contributed by atoms with van der Waals surface area (Å²) in [5.74, 6) is 1.12. The molecule has 0 spiro atoms. The Kier molecular flexibility index (Phi) is 5.98. The number of anilines is 1. The van der Waals surface area contributed by atoms with Gasteiger partial charge in [0.15, 0.2) is 0 Å². The molecule has 1 N–H and O–H groups in total. The summed E-state index contributed by atoms with van der Waals surface area (Å²) in [4.78, 5) is 6.91. The van der Waals surface area contributed by atoms with Gasteiger partial charge in [-0.15, -0.1) is 0 Å². The lowest BCUT2D eigenvalue weighted by atomic mass is 10.1. The molecule has 0 saturated carbocycles. The molecule has 0 bridgehead atoms. The molecule has 1 saturated heterocycles. The van der Waals surface area contributed by atoms with Gasteiger partial charge in [0.2, 0.25) is 0 Å². The predicted molar refractivity (Wildman–Crippen MR) is 74.6 cm³/mol. The van der Waals surface area contributed by atoms with Crippen LogP contribution in [0.25, 0.3) is 0 Å². The summed E-state index contributed by atoms with van der Waals surface area (Å²) in [5.41, 5.74) is 1.22. The predicted octanol–water partition coefficient (Wildman–Crippen LogP) is 2.60. The Morgan fingerprint density at radius 1 is 1.41 bits per heavy atom. The minimum absolute atomic E-state index is 0.592. The number of piperazine rings is 1. The Balaban J connectivity index is 0.000000686. The third-order valence-electron chi connectivity index (χ3n) is 3.01. The second-order valence-electron chi connectivity index (χ2n) is 4.15. The van der Waals surface area contributed by atoms with E-state index in [1.807, 2.05) is 20.0 Å². The molecule has 0 aliphatic carbocycles. The van der Waals surface area contributed by atoms with Crippen molar-refractivity contribution in [3.05, 3.63) is 23.9 Å². The Hall–Kier alpha value is -1.09. The summed E-state index contributed by atoms with van der Waals surface area (Å²) < 4.78 is 0. The minimum atomic E-state index is 0.592. The number of aryl methyl sites for hydroxylation is 1. The second-order valence-corrected chi connectivity index (χ2v) is 4.15. The number of aromatic nitrogens is 1. The van der Waals surface area contributed by atoms with Gasteiger partial charge in [0.25, 0.3) is 0 Å². The molecular formula is C14H25N3. The highest BCUT2D eigenvalue weighted by Gasteiger charge is 2.21. The highest BCUT2D eigenvalue weighted by atomic mass is 15.3. The fraction of sp³-hybridized carbons (Fsp3) is 0.643. The van der Waals surface area contributed by atoms with Crippen LogP contribution in [0.2, 0.25) is 0 Å². The maximum Gasteiger partial charge on any atom is 0.128 e. The first kappa shape index (κ1) is 14.0. The number of pyridine rings is 1. The maximum absolute atomic E-state index is 4.50. The van der Waals surface area contributed by atoms with E-state index in [0.29, 0.717) is 6.04 Å². The van der Waals surface area contributed by atoms with Crippen LogP contribution in [0.4, 0.5) is 5.82 Å². The average Bonchev–Trinajstić information content (AvgIpc) is 2.42. The molecule has 3 nitrogen and oxygen atoms in total. The van der Waals surface area contributed by atoms with Crippen LogP contribution in [-0.2, 0) is 0 Å². The molecule has 1 fully saturated rings. The normalized spacial score (nSPS) is 19.5. The molecule has 2 rings (SSSR count). The molecule has 1 aliphatic rings. The number of hydrogen-bond acceptors (Lipinski definition) is 3. The Morgan fingerprint density at radius 2 is 2.18 bits per heavy atom. The van der Waals surface area contributed by atoms with E-state index in [9.17, 15) is 0 Å². The van der Waals surface area contributed by atoms with Crippen LogP contribution in [0.1, 0.15) is 32.8 Å². The molecule has 1 unspecified atom stereocenters. The van der Waals surface area contributed by atoms with E-state index in [2.05, 4.69) is 41.2 Å². The molecule has 3 heteroatoms. The lowest BCUT2D eigenvalue weighted by molar-refractivity contribution is 0.463. The number of nitrogens with zero attached hydrogens (tertiary/aromatic N) is 2. The van der Waals surface area contributed by atoms with Crippen molar-refractivity contribution in [2.75, 3.05) is 24.5 Å². The summed E-state index contributed by atoms with van der Waals surface area (Å²) in [5, 5.41) is 3.43. The van der Waals surface area contributed by atoms with E-state index in [1.165, 1.54) is 12.0 Å². The summed E-state index contributed by atoms with van der Waals surface area (Å²) in [6.07, 6.45) is 3.12. The van der Waals surface area contributed by atoms with E-state index in [4.69, 9.17) is 0 Å². The van der Waals surface area contributed by atoms with Crippen LogP contribution in [0.3, 0.4) is 0 Å². The summed E-state index contributed by atoms with van der Waals surface area (Å²) in [7, 11) is 0. The fourth-order valence-electron chi connectivity index (χ4n) is 2.06. The van der Waals surface area contributed by atoms with Crippen molar-refractivity contribution in [2.45, 2.75) is 40.2 Å². The molecule has 96 valence electrons. The molecule has 0 aromatic carbocycles. The van der Waals surface area contributed by atoms with Gasteiger partial charge in [0, 0.05) is 31.9 Å². The standard InChI is InChI=1S/C12H19N3.C2H6/c1-3-11-9-13-6-7-15(11)12-5-4-10(2)8-14-12;1-2/h4-5,8,11,13H,3,6-7,9H2,1-2H3;1-2H3. The largest absolute Gasteiger partial charge is 0.351 e. The molecular weight excluding hydrogens is 210 g/mol. The van der Waals surface area contributed by atoms with Gasteiger partial charge in [-0.05, 0) is 25.0 Å². The van der Waals surface area contributed by atoms with Crippen molar-refractivity contribution in [1.29, 1.82) is 0 Å². The summed E-state index contributed by atoms with van der Waals surface area (Å²) in [6, 6.07) is 4.86. The Morgan fingerprint density at radius 3 is 2.76 bits per heavy atom. The Labute approximate surface area is 105 Å². The van der Waals surface area contributed by atoms with Crippen molar-refractivity contribution in [1.82, 2.24) is 10.3 Å². The van der Waals surface area contributed by atoms with Crippen LogP contribution in [0.5, 0.6) is 0 Å². The first-order chi connectivity index (χ1) is 8.31. The van der Waals surface area contributed by atoms with Crippen molar-refractivity contribution in [3.63, 3.8) is 0 Å². The van der Waals surface area contributed by atoms with Crippen molar-refractivity contribution >= 4 is 5.82 Å². The van der Waals surface area contributed by atoms with Gasteiger partial charge in [-0.2, -0.15) is 0 Å². The van der Waals surface area contributed by atoms with Gasteiger partial charge in [-0.3, -0.25) is 0 Å². The smallest absolute Gasteiger partial charge is 0.128 e. The topological polar surface area (TPSA) is 28.2 Å². The molecule has 1 atom stereocenters. The lowest BCUT2D eigenvalue weighted by Gasteiger charge is -2.36. The zero-order chi connectivity index (χ0) is 12.7. The zero-order valence-corrected chi connectivity index (χ0v) is 11.5. The number of rotatable bonds is 2. The van der Waals surface area contributed by atoms with E-state index < -0.39 is 0 Å². The summed E-state index contributed by atoms with van der Waals surface area (Å²) >= 11 is 0. The van der Waals surface area contributed by atoms with Gasteiger partial charge >= 0.3 is 0 Å². The zero-order valence-electron chi connectivity index (χ0n) is 11.5. The maximum atomic E-state index is 4.50. The quantitative estimate of drug-likeness (QED) is 0.854. The molecule has 0 radical (unpaired) electrons. The van der Waals surface area contributed by atoms with Crippen molar-refractivity contribution in [3.8, 4) is 0 Å². The second kappa shape index (κ2) is 7.28. The van der Waals surface area contributed by atoms with E-state index >= 15 is 0 Å². The van der Waals surface area contributed by atoms with Crippen LogP contribution >= 0.6 is 0 Å². The number of hydrogen-bond donors (Lipinski definition) is 1. The third-order valence-corrected chi connectivity index (χ3v) is 3.01. The van der Waals surface area contributed by atoms with Crippen LogP contribution in [0.15, 0.2) is 18.3 Å². The molecule has 1 aliphatic heterocycles.